The van der Waals surface area contributed by atoms with Crippen molar-refractivity contribution in [2.45, 2.75) is 25.8 Å². The molecule has 1 fully saturated rings. The second kappa shape index (κ2) is 8.70. The SMILES string of the molecule is O=C(c1ccn[nH]1)N(CCN1CCCCC1)Cc1c(Cl)cccc1Cl. The summed E-state index contributed by atoms with van der Waals surface area (Å²) in [5.41, 5.74) is 1.25. The summed E-state index contributed by atoms with van der Waals surface area (Å²) in [7, 11) is 0. The average Bonchev–Trinajstić information content (AvgIpc) is 3.16. The molecule has 1 aliphatic rings. The summed E-state index contributed by atoms with van der Waals surface area (Å²) >= 11 is 12.6. The Hall–Kier alpha value is -1.56. The predicted octanol–water partition coefficient (Wildman–Crippen LogP) is 3.84. The highest BCUT2D eigenvalue weighted by molar-refractivity contribution is 6.36. The fourth-order valence-corrected chi connectivity index (χ4v) is 3.63. The molecule has 0 spiro atoms. The summed E-state index contributed by atoms with van der Waals surface area (Å²) in [4.78, 5) is 17.1. The topological polar surface area (TPSA) is 52.2 Å². The number of likely N-dealkylation sites (tertiary alicyclic amines) is 1. The number of carbonyl (C=O) groups is 1. The third kappa shape index (κ3) is 4.75. The first-order valence-electron chi connectivity index (χ1n) is 8.59. The summed E-state index contributed by atoms with van der Waals surface area (Å²) in [6, 6.07) is 7.09. The zero-order valence-corrected chi connectivity index (χ0v) is 15.6. The second-order valence-electron chi connectivity index (χ2n) is 6.30. The van der Waals surface area contributed by atoms with E-state index in [1.807, 2.05) is 6.07 Å². The van der Waals surface area contributed by atoms with Crippen LogP contribution < -0.4 is 0 Å². The summed E-state index contributed by atoms with van der Waals surface area (Å²) in [6.45, 7) is 4.05. The standard InChI is InChI=1S/C18H22Cl2N4O/c19-15-5-4-6-16(20)14(15)13-24(18(25)17-7-8-21-22-17)12-11-23-9-2-1-3-10-23/h4-8H,1-3,9-13H2,(H,21,22). The number of aromatic amines is 1. The van der Waals surface area contributed by atoms with E-state index in [9.17, 15) is 4.79 Å². The molecular formula is C18H22Cl2N4O. The summed E-state index contributed by atoms with van der Waals surface area (Å²) in [5.74, 6) is -0.0921. The lowest BCUT2D eigenvalue weighted by molar-refractivity contribution is 0.0710. The first-order chi connectivity index (χ1) is 12.1. The van der Waals surface area contributed by atoms with Crippen LogP contribution >= 0.6 is 23.2 Å². The van der Waals surface area contributed by atoms with Crippen LogP contribution in [0.4, 0.5) is 0 Å². The Labute approximate surface area is 157 Å². The van der Waals surface area contributed by atoms with Crippen LogP contribution in [0.25, 0.3) is 0 Å². The van der Waals surface area contributed by atoms with Gasteiger partial charge < -0.3 is 9.80 Å². The minimum absolute atomic E-state index is 0.0921. The van der Waals surface area contributed by atoms with Crippen molar-refractivity contribution in [3.8, 4) is 0 Å². The van der Waals surface area contributed by atoms with Crippen LogP contribution in [0.3, 0.4) is 0 Å². The first kappa shape index (κ1) is 18.2. The van der Waals surface area contributed by atoms with Crippen molar-refractivity contribution in [1.82, 2.24) is 20.0 Å². The molecule has 1 saturated heterocycles. The number of hydrogen-bond donors (Lipinski definition) is 1. The van der Waals surface area contributed by atoms with Crippen LogP contribution in [0.15, 0.2) is 30.5 Å². The van der Waals surface area contributed by atoms with Gasteiger partial charge in [-0.15, -0.1) is 0 Å². The zero-order chi connectivity index (χ0) is 17.6. The lowest BCUT2D eigenvalue weighted by Crippen LogP contribution is -2.40. The zero-order valence-electron chi connectivity index (χ0n) is 14.0. The smallest absolute Gasteiger partial charge is 0.272 e. The van der Waals surface area contributed by atoms with Gasteiger partial charge in [-0.3, -0.25) is 9.89 Å². The number of nitrogens with zero attached hydrogens (tertiary/aromatic N) is 3. The third-order valence-corrected chi connectivity index (χ3v) is 5.27. The molecule has 5 nitrogen and oxygen atoms in total. The molecule has 134 valence electrons. The van der Waals surface area contributed by atoms with Crippen LogP contribution in [0.2, 0.25) is 10.0 Å². The van der Waals surface area contributed by atoms with Gasteiger partial charge in [0.2, 0.25) is 0 Å². The Morgan fingerprint density at radius 1 is 1.16 bits per heavy atom. The van der Waals surface area contributed by atoms with Crippen molar-refractivity contribution in [1.29, 1.82) is 0 Å². The molecule has 2 aromatic rings. The Morgan fingerprint density at radius 2 is 1.88 bits per heavy atom. The van der Waals surface area contributed by atoms with Gasteiger partial charge in [0.1, 0.15) is 5.69 Å². The quantitative estimate of drug-likeness (QED) is 0.827. The molecule has 1 aromatic carbocycles. The summed E-state index contributed by atoms with van der Waals surface area (Å²) in [5, 5.41) is 7.79. The van der Waals surface area contributed by atoms with Gasteiger partial charge in [-0.05, 0) is 44.1 Å². The molecule has 0 aliphatic carbocycles. The van der Waals surface area contributed by atoms with E-state index in [2.05, 4.69) is 15.1 Å². The molecule has 1 aromatic heterocycles. The fraction of sp³-hybridized carbons (Fsp3) is 0.444. The van der Waals surface area contributed by atoms with Crippen molar-refractivity contribution in [3.63, 3.8) is 0 Å². The van der Waals surface area contributed by atoms with Crippen molar-refractivity contribution >= 4 is 29.1 Å². The van der Waals surface area contributed by atoms with E-state index in [1.165, 1.54) is 19.3 Å². The highest BCUT2D eigenvalue weighted by atomic mass is 35.5. The summed E-state index contributed by atoms with van der Waals surface area (Å²) in [6.07, 6.45) is 5.33. The van der Waals surface area contributed by atoms with E-state index in [0.717, 1.165) is 25.2 Å². The number of rotatable bonds is 6. The largest absolute Gasteiger partial charge is 0.332 e. The normalized spacial score (nSPS) is 15.3. The Kier molecular flexibility index (Phi) is 6.34. The number of amides is 1. The molecule has 0 atom stereocenters. The lowest BCUT2D eigenvalue weighted by atomic mass is 10.1. The monoisotopic (exact) mass is 380 g/mol. The molecule has 1 aliphatic heterocycles. The molecule has 0 saturated carbocycles. The fourth-order valence-electron chi connectivity index (χ4n) is 3.12. The Morgan fingerprint density at radius 3 is 2.52 bits per heavy atom. The van der Waals surface area contributed by atoms with Crippen LogP contribution in [-0.2, 0) is 6.54 Å². The van der Waals surface area contributed by atoms with E-state index >= 15 is 0 Å². The molecular weight excluding hydrogens is 359 g/mol. The van der Waals surface area contributed by atoms with Gasteiger partial charge in [0, 0.05) is 41.4 Å². The van der Waals surface area contributed by atoms with Gasteiger partial charge in [0.15, 0.2) is 0 Å². The van der Waals surface area contributed by atoms with Crippen molar-refractivity contribution < 1.29 is 4.79 Å². The van der Waals surface area contributed by atoms with E-state index < -0.39 is 0 Å². The molecule has 1 N–H and O–H groups in total. The maximum Gasteiger partial charge on any atom is 0.272 e. The molecule has 7 heteroatoms. The summed E-state index contributed by atoms with van der Waals surface area (Å²) < 4.78 is 0. The van der Waals surface area contributed by atoms with Crippen molar-refractivity contribution in [2.75, 3.05) is 26.2 Å². The van der Waals surface area contributed by atoms with Gasteiger partial charge >= 0.3 is 0 Å². The average molecular weight is 381 g/mol. The molecule has 3 rings (SSSR count). The van der Waals surface area contributed by atoms with Crippen LogP contribution in [-0.4, -0.2) is 52.1 Å². The maximum atomic E-state index is 12.9. The number of carbonyl (C=O) groups excluding carboxylic acids is 1. The third-order valence-electron chi connectivity index (χ3n) is 4.56. The molecule has 0 radical (unpaired) electrons. The lowest BCUT2D eigenvalue weighted by Gasteiger charge is -2.30. The number of H-pyrrole nitrogens is 1. The number of hydrogen-bond acceptors (Lipinski definition) is 3. The van der Waals surface area contributed by atoms with Gasteiger partial charge in [0.05, 0.1) is 0 Å². The van der Waals surface area contributed by atoms with Crippen LogP contribution in [0.1, 0.15) is 35.3 Å². The highest BCUT2D eigenvalue weighted by Gasteiger charge is 2.21. The highest BCUT2D eigenvalue weighted by Crippen LogP contribution is 2.26. The number of aromatic nitrogens is 2. The Bertz CT molecular complexity index is 679. The first-order valence-corrected chi connectivity index (χ1v) is 9.34. The molecule has 2 heterocycles. The number of piperidine rings is 1. The van der Waals surface area contributed by atoms with Crippen LogP contribution in [0.5, 0.6) is 0 Å². The van der Waals surface area contributed by atoms with Gasteiger partial charge in [-0.1, -0.05) is 35.7 Å². The van der Waals surface area contributed by atoms with E-state index in [0.29, 0.717) is 28.8 Å². The number of halogens is 2. The Balaban J connectivity index is 1.75. The molecule has 1 amide bonds. The van der Waals surface area contributed by atoms with E-state index in [-0.39, 0.29) is 5.91 Å². The van der Waals surface area contributed by atoms with Gasteiger partial charge in [-0.2, -0.15) is 5.10 Å². The van der Waals surface area contributed by atoms with E-state index in [1.54, 1.807) is 29.3 Å². The molecule has 25 heavy (non-hydrogen) atoms. The van der Waals surface area contributed by atoms with Crippen LogP contribution in [0, 0.1) is 0 Å². The minimum Gasteiger partial charge on any atom is -0.332 e. The minimum atomic E-state index is -0.0921. The second-order valence-corrected chi connectivity index (χ2v) is 7.11. The molecule has 0 unspecified atom stereocenters. The number of nitrogens with one attached hydrogen (secondary N) is 1. The van der Waals surface area contributed by atoms with E-state index in [4.69, 9.17) is 23.2 Å². The molecule has 0 bridgehead atoms. The van der Waals surface area contributed by atoms with Gasteiger partial charge in [-0.25, -0.2) is 0 Å². The number of benzene rings is 1. The maximum absolute atomic E-state index is 12.9. The van der Waals surface area contributed by atoms with Gasteiger partial charge in [0.25, 0.3) is 5.91 Å². The van der Waals surface area contributed by atoms with Crippen molar-refractivity contribution in [2.24, 2.45) is 0 Å². The van der Waals surface area contributed by atoms with Crippen molar-refractivity contribution in [3.05, 3.63) is 51.8 Å². The predicted molar refractivity (Wildman–Crippen MR) is 100 cm³/mol.